The third-order valence-electron chi connectivity index (χ3n) is 4.32. The minimum absolute atomic E-state index is 0.0639. The van der Waals surface area contributed by atoms with Gasteiger partial charge in [-0.15, -0.1) is 0 Å². The highest BCUT2D eigenvalue weighted by Gasteiger charge is 2.26. The number of ether oxygens (including phenoxy) is 1. The molecule has 0 aliphatic carbocycles. The monoisotopic (exact) mass is 370 g/mol. The van der Waals surface area contributed by atoms with Gasteiger partial charge in [-0.05, 0) is 46.7 Å². The Labute approximate surface area is 159 Å². The lowest BCUT2D eigenvalue weighted by molar-refractivity contribution is 0.0691. The molecule has 144 valence electrons. The van der Waals surface area contributed by atoms with E-state index in [9.17, 15) is 14.7 Å². The number of aromatic carboxylic acids is 1. The third kappa shape index (κ3) is 4.67. The fraction of sp³-hybridized carbons (Fsp3) is 0.364. The van der Waals surface area contributed by atoms with Crippen LogP contribution in [0.25, 0.3) is 0 Å². The van der Waals surface area contributed by atoms with Crippen LogP contribution in [0.15, 0.2) is 36.4 Å². The van der Waals surface area contributed by atoms with Gasteiger partial charge >= 0.3 is 11.9 Å². The molecule has 0 unspecified atom stereocenters. The average Bonchev–Trinajstić information content (AvgIpc) is 2.54. The van der Waals surface area contributed by atoms with Gasteiger partial charge in [0.1, 0.15) is 0 Å². The summed E-state index contributed by atoms with van der Waals surface area (Å²) in [5, 5.41) is 19.6. The van der Waals surface area contributed by atoms with E-state index in [1.807, 2.05) is 47.6 Å². The summed E-state index contributed by atoms with van der Waals surface area (Å²) in [5.41, 5.74) is 1.39. The number of hydrogen-bond donors (Lipinski definition) is 2. The number of aromatic hydroxyl groups is 1. The number of hydrogen-bond acceptors (Lipinski definition) is 4. The Kier molecular flexibility index (Phi) is 5.36. The molecule has 2 rings (SSSR count). The predicted molar refractivity (Wildman–Crippen MR) is 104 cm³/mol. The van der Waals surface area contributed by atoms with Gasteiger partial charge in [-0.2, -0.15) is 0 Å². The first-order chi connectivity index (χ1) is 12.3. The van der Waals surface area contributed by atoms with Crippen LogP contribution in [0.3, 0.4) is 0 Å². The Morgan fingerprint density at radius 1 is 0.852 bits per heavy atom. The summed E-state index contributed by atoms with van der Waals surface area (Å²) in [4.78, 5) is 23.4. The predicted octanol–water partition coefficient (Wildman–Crippen LogP) is 4.90. The van der Waals surface area contributed by atoms with E-state index >= 15 is 0 Å². The zero-order valence-electron chi connectivity index (χ0n) is 16.6. The number of phenolic OH excluding ortho intramolecular Hbond substituents is 1. The molecule has 27 heavy (non-hydrogen) atoms. The molecule has 0 amide bonds. The highest BCUT2D eigenvalue weighted by Crippen LogP contribution is 2.41. The molecule has 2 aromatic rings. The summed E-state index contributed by atoms with van der Waals surface area (Å²) in [6, 6.07) is 9.07. The lowest BCUT2D eigenvalue weighted by atomic mass is 9.80. The number of carboxylic acid groups (broad SMARTS) is 1. The topological polar surface area (TPSA) is 83.8 Å². The van der Waals surface area contributed by atoms with Gasteiger partial charge in [0.05, 0.1) is 11.1 Å². The average molecular weight is 370 g/mol. The van der Waals surface area contributed by atoms with Crippen LogP contribution in [0.5, 0.6) is 11.5 Å². The lowest BCUT2D eigenvalue weighted by Crippen LogP contribution is -2.18. The van der Waals surface area contributed by atoms with Crippen LogP contribution in [0.1, 0.15) is 73.4 Å². The standard InChI is InChI=1S/C22H26O5/c1-21(2,3)15-11-16(22(4,5)6)18(23)17(12-15)27-20(26)14-9-7-13(8-10-14)19(24)25/h7-12,23H,1-6H3,(H,24,25). The summed E-state index contributed by atoms with van der Waals surface area (Å²) in [6.07, 6.45) is 0. The first kappa shape index (κ1) is 20.5. The zero-order valence-corrected chi connectivity index (χ0v) is 16.6. The molecule has 0 radical (unpaired) electrons. The first-order valence-corrected chi connectivity index (χ1v) is 8.74. The summed E-state index contributed by atoms with van der Waals surface area (Å²) in [6.45, 7) is 12.1. The highest BCUT2D eigenvalue weighted by molar-refractivity contribution is 5.93. The Balaban J connectivity index is 2.45. The maximum absolute atomic E-state index is 12.5. The van der Waals surface area contributed by atoms with Crippen molar-refractivity contribution in [2.45, 2.75) is 52.4 Å². The Morgan fingerprint density at radius 2 is 1.37 bits per heavy atom. The van der Waals surface area contributed by atoms with Gasteiger partial charge in [-0.25, -0.2) is 9.59 Å². The second-order valence-electron chi connectivity index (χ2n) is 8.64. The molecule has 0 saturated heterocycles. The largest absolute Gasteiger partial charge is 0.504 e. The molecule has 0 bridgehead atoms. The molecule has 0 aliphatic rings. The zero-order chi connectivity index (χ0) is 20.6. The van der Waals surface area contributed by atoms with Crippen LogP contribution in [-0.4, -0.2) is 22.2 Å². The first-order valence-electron chi connectivity index (χ1n) is 8.74. The maximum atomic E-state index is 12.5. The second-order valence-corrected chi connectivity index (χ2v) is 8.64. The van der Waals surface area contributed by atoms with Crippen LogP contribution < -0.4 is 4.74 Å². The van der Waals surface area contributed by atoms with Gasteiger partial charge in [0.25, 0.3) is 0 Å². The second kappa shape index (κ2) is 7.06. The van der Waals surface area contributed by atoms with Gasteiger partial charge in [0, 0.05) is 5.56 Å². The molecule has 0 spiro atoms. The molecule has 0 fully saturated rings. The molecular formula is C22H26O5. The number of carbonyl (C=O) groups is 2. The SMILES string of the molecule is CC(C)(C)c1cc(OC(=O)c2ccc(C(=O)O)cc2)c(O)c(C(C)(C)C)c1. The maximum Gasteiger partial charge on any atom is 0.343 e. The van der Waals surface area contributed by atoms with Crippen molar-refractivity contribution in [3.05, 3.63) is 58.7 Å². The van der Waals surface area contributed by atoms with Crippen molar-refractivity contribution in [2.24, 2.45) is 0 Å². The van der Waals surface area contributed by atoms with Crippen molar-refractivity contribution < 1.29 is 24.5 Å². The number of carbonyl (C=O) groups excluding carboxylic acids is 1. The fourth-order valence-corrected chi connectivity index (χ4v) is 2.60. The number of rotatable bonds is 3. The molecule has 0 heterocycles. The van der Waals surface area contributed by atoms with Gasteiger partial charge in [0.2, 0.25) is 0 Å². The van der Waals surface area contributed by atoms with Crippen LogP contribution >= 0.6 is 0 Å². The normalized spacial score (nSPS) is 11.9. The van der Waals surface area contributed by atoms with Crippen molar-refractivity contribution in [3.63, 3.8) is 0 Å². The lowest BCUT2D eigenvalue weighted by Gasteiger charge is -2.27. The quantitative estimate of drug-likeness (QED) is 0.593. The van der Waals surface area contributed by atoms with Gasteiger partial charge in [-0.1, -0.05) is 47.6 Å². The van der Waals surface area contributed by atoms with E-state index in [1.54, 1.807) is 6.07 Å². The minimum atomic E-state index is -1.07. The van der Waals surface area contributed by atoms with Crippen LogP contribution in [0, 0.1) is 0 Å². The molecule has 5 nitrogen and oxygen atoms in total. The molecular weight excluding hydrogens is 344 g/mol. The molecule has 2 N–H and O–H groups in total. The number of benzene rings is 2. The number of phenols is 1. The van der Waals surface area contributed by atoms with Gasteiger partial charge in [-0.3, -0.25) is 0 Å². The van der Waals surface area contributed by atoms with Crippen molar-refractivity contribution in [1.29, 1.82) is 0 Å². The van der Waals surface area contributed by atoms with E-state index in [-0.39, 0.29) is 33.5 Å². The third-order valence-corrected chi connectivity index (χ3v) is 4.32. The van der Waals surface area contributed by atoms with Crippen molar-refractivity contribution in [1.82, 2.24) is 0 Å². The molecule has 0 aliphatic heterocycles. The van der Waals surface area contributed by atoms with E-state index in [2.05, 4.69) is 0 Å². The number of esters is 1. The summed E-state index contributed by atoms with van der Waals surface area (Å²) in [7, 11) is 0. The van der Waals surface area contributed by atoms with E-state index in [0.717, 1.165) is 5.56 Å². The Hall–Kier alpha value is -2.82. The fourth-order valence-electron chi connectivity index (χ4n) is 2.60. The van der Waals surface area contributed by atoms with Crippen LogP contribution in [0.4, 0.5) is 0 Å². The minimum Gasteiger partial charge on any atom is -0.504 e. The van der Waals surface area contributed by atoms with Crippen LogP contribution in [0.2, 0.25) is 0 Å². The van der Waals surface area contributed by atoms with Crippen molar-refractivity contribution in [2.75, 3.05) is 0 Å². The smallest absolute Gasteiger partial charge is 0.343 e. The molecule has 0 saturated carbocycles. The summed E-state index contributed by atoms with van der Waals surface area (Å²) in [5.74, 6) is -1.70. The summed E-state index contributed by atoms with van der Waals surface area (Å²) < 4.78 is 5.47. The van der Waals surface area contributed by atoms with E-state index in [0.29, 0.717) is 5.56 Å². The van der Waals surface area contributed by atoms with Crippen LogP contribution in [-0.2, 0) is 10.8 Å². The summed E-state index contributed by atoms with van der Waals surface area (Å²) >= 11 is 0. The molecule has 2 aromatic carbocycles. The Morgan fingerprint density at radius 3 is 1.81 bits per heavy atom. The molecule has 0 aromatic heterocycles. The van der Waals surface area contributed by atoms with E-state index < -0.39 is 11.9 Å². The van der Waals surface area contributed by atoms with Crippen molar-refractivity contribution >= 4 is 11.9 Å². The molecule has 0 atom stereocenters. The van der Waals surface area contributed by atoms with Gasteiger partial charge < -0.3 is 14.9 Å². The van der Waals surface area contributed by atoms with E-state index in [1.165, 1.54) is 24.3 Å². The highest BCUT2D eigenvalue weighted by atomic mass is 16.5. The molecule has 5 heteroatoms. The Bertz CT molecular complexity index is 865. The van der Waals surface area contributed by atoms with Crippen molar-refractivity contribution in [3.8, 4) is 11.5 Å². The van der Waals surface area contributed by atoms with Gasteiger partial charge in [0.15, 0.2) is 11.5 Å². The van der Waals surface area contributed by atoms with E-state index in [4.69, 9.17) is 9.84 Å². The number of carboxylic acids is 1.